The highest BCUT2D eigenvalue weighted by molar-refractivity contribution is 5.93. The Morgan fingerprint density at radius 3 is 2.07 bits per heavy atom. The molecule has 1 amide bonds. The minimum absolute atomic E-state index is 0.0153. The monoisotopic (exact) mass is 397 g/mol. The van der Waals surface area contributed by atoms with Gasteiger partial charge in [0, 0.05) is 36.3 Å². The summed E-state index contributed by atoms with van der Waals surface area (Å²) >= 11 is 0. The van der Waals surface area contributed by atoms with Gasteiger partial charge in [0.05, 0.1) is 0 Å². The lowest BCUT2D eigenvalue weighted by Gasteiger charge is -2.20. The van der Waals surface area contributed by atoms with Crippen LogP contribution in [0.15, 0.2) is 91.5 Å². The normalized spacial score (nSPS) is 10.9. The second-order valence-electron chi connectivity index (χ2n) is 7.07. The van der Waals surface area contributed by atoms with Crippen LogP contribution < -0.4 is 5.73 Å². The molecule has 2 heterocycles. The van der Waals surface area contributed by atoms with Gasteiger partial charge in [-0.05, 0) is 70.6 Å². The number of halogens is 1. The fourth-order valence-corrected chi connectivity index (χ4v) is 3.62. The minimum Gasteiger partial charge on any atom is -0.366 e. The van der Waals surface area contributed by atoms with Crippen molar-refractivity contribution in [2.45, 2.75) is 12.3 Å². The zero-order valence-corrected chi connectivity index (χ0v) is 16.2. The lowest BCUT2D eigenvalue weighted by Crippen LogP contribution is -2.10. The van der Waals surface area contributed by atoms with E-state index >= 15 is 0 Å². The van der Waals surface area contributed by atoms with Crippen LogP contribution in [0.25, 0.3) is 11.1 Å². The van der Waals surface area contributed by atoms with Crippen LogP contribution in [0.1, 0.15) is 33.0 Å². The van der Waals surface area contributed by atoms with Gasteiger partial charge in [0.15, 0.2) is 0 Å². The number of pyridine rings is 2. The lowest BCUT2D eigenvalue weighted by atomic mass is 9.85. The molecule has 0 fully saturated rings. The van der Waals surface area contributed by atoms with E-state index in [0.29, 0.717) is 12.0 Å². The number of carbonyl (C=O) groups excluding carboxylic acids is 1. The van der Waals surface area contributed by atoms with E-state index < -0.39 is 5.91 Å². The van der Waals surface area contributed by atoms with Gasteiger partial charge in [-0.25, -0.2) is 4.39 Å². The van der Waals surface area contributed by atoms with Gasteiger partial charge in [-0.2, -0.15) is 0 Å². The molecule has 0 radical (unpaired) electrons. The Morgan fingerprint density at radius 1 is 0.900 bits per heavy atom. The number of benzene rings is 2. The molecule has 30 heavy (non-hydrogen) atoms. The van der Waals surface area contributed by atoms with Crippen molar-refractivity contribution >= 4 is 5.91 Å². The molecule has 0 saturated carbocycles. The van der Waals surface area contributed by atoms with Crippen LogP contribution in [0.2, 0.25) is 0 Å². The number of carbonyl (C=O) groups is 1. The number of aromatic nitrogens is 2. The predicted octanol–water partition coefficient (Wildman–Crippen LogP) is 4.76. The summed E-state index contributed by atoms with van der Waals surface area (Å²) in [4.78, 5) is 19.9. The Kier molecular flexibility index (Phi) is 5.61. The molecule has 4 nitrogen and oxygen atoms in total. The zero-order valence-electron chi connectivity index (χ0n) is 16.2. The molecule has 4 rings (SSSR count). The summed E-state index contributed by atoms with van der Waals surface area (Å²) in [7, 11) is 0. The summed E-state index contributed by atoms with van der Waals surface area (Å²) in [6, 6.07) is 19.6. The molecule has 0 bridgehead atoms. The summed E-state index contributed by atoms with van der Waals surface area (Å²) in [5.74, 6) is -0.789. The average molecular weight is 397 g/mol. The van der Waals surface area contributed by atoms with Gasteiger partial charge in [0.25, 0.3) is 0 Å². The number of amides is 1. The molecule has 0 saturated heterocycles. The Hall–Kier alpha value is -3.86. The van der Waals surface area contributed by atoms with Gasteiger partial charge in [-0.1, -0.05) is 30.3 Å². The van der Waals surface area contributed by atoms with E-state index in [1.54, 1.807) is 36.7 Å². The molecule has 2 aromatic carbocycles. The first kappa shape index (κ1) is 19.5. The second-order valence-corrected chi connectivity index (χ2v) is 7.07. The highest BCUT2D eigenvalue weighted by atomic mass is 19.1. The largest absolute Gasteiger partial charge is 0.366 e. The number of nitrogens with two attached hydrogens (primary N) is 1. The third-order valence-corrected chi connectivity index (χ3v) is 5.15. The Balaban J connectivity index is 1.76. The molecule has 0 atom stereocenters. The van der Waals surface area contributed by atoms with E-state index in [1.165, 1.54) is 12.1 Å². The molecule has 2 N–H and O–H groups in total. The van der Waals surface area contributed by atoms with Crippen LogP contribution in [-0.4, -0.2) is 15.9 Å². The Morgan fingerprint density at radius 2 is 1.53 bits per heavy atom. The van der Waals surface area contributed by atoms with Crippen LogP contribution in [-0.2, 0) is 6.42 Å². The summed E-state index contributed by atoms with van der Waals surface area (Å²) in [6.45, 7) is 0. The maximum absolute atomic E-state index is 14.1. The molecular formula is C25H20FN3O. The van der Waals surface area contributed by atoms with Crippen LogP contribution >= 0.6 is 0 Å². The first-order valence-electron chi connectivity index (χ1n) is 9.60. The molecular weight excluding hydrogens is 377 g/mol. The first-order valence-corrected chi connectivity index (χ1v) is 9.60. The van der Waals surface area contributed by atoms with Gasteiger partial charge >= 0.3 is 0 Å². The van der Waals surface area contributed by atoms with Crippen molar-refractivity contribution in [2.24, 2.45) is 5.73 Å². The first-order chi connectivity index (χ1) is 14.6. The lowest BCUT2D eigenvalue weighted by molar-refractivity contribution is 0.100. The maximum Gasteiger partial charge on any atom is 0.248 e. The summed E-state index contributed by atoms with van der Waals surface area (Å²) in [6.07, 6.45) is 7.83. The van der Waals surface area contributed by atoms with Crippen molar-refractivity contribution in [1.82, 2.24) is 9.97 Å². The number of primary amides is 1. The average Bonchev–Trinajstić information content (AvgIpc) is 2.79. The van der Waals surface area contributed by atoms with E-state index in [4.69, 9.17) is 5.73 Å². The van der Waals surface area contributed by atoms with Crippen molar-refractivity contribution in [1.29, 1.82) is 0 Å². The van der Waals surface area contributed by atoms with E-state index in [2.05, 4.69) is 9.97 Å². The van der Waals surface area contributed by atoms with E-state index in [-0.39, 0.29) is 11.7 Å². The highest BCUT2D eigenvalue weighted by Gasteiger charge is 2.18. The number of rotatable bonds is 6. The van der Waals surface area contributed by atoms with Crippen LogP contribution in [0, 0.1) is 5.82 Å². The minimum atomic E-state index is -0.491. The number of hydrogen-bond donors (Lipinski definition) is 1. The molecule has 0 spiro atoms. The quantitative estimate of drug-likeness (QED) is 0.510. The van der Waals surface area contributed by atoms with Crippen molar-refractivity contribution < 1.29 is 9.18 Å². The third-order valence-electron chi connectivity index (χ3n) is 5.15. The second kappa shape index (κ2) is 8.66. The highest BCUT2D eigenvalue weighted by Crippen LogP contribution is 2.33. The fourth-order valence-electron chi connectivity index (χ4n) is 3.62. The number of nitrogens with zero attached hydrogens (tertiary/aromatic N) is 2. The van der Waals surface area contributed by atoms with Crippen molar-refractivity contribution in [2.75, 3.05) is 0 Å². The number of hydrogen-bond acceptors (Lipinski definition) is 3. The van der Waals surface area contributed by atoms with E-state index in [9.17, 15) is 9.18 Å². The fraction of sp³-hybridized carbons (Fsp3) is 0.0800. The van der Waals surface area contributed by atoms with Gasteiger partial charge in [0.2, 0.25) is 5.91 Å². The van der Waals surface area contributed by atoms with Gasteiger partial charge in [-0.15, -0.1) is 0 Å². The molecule has 0 unspecified atom stereocenters. The zero-order chi connectivity index (χ0) is 20.9. The molecule has 4 aromatic rings. The third kappa shape index (κ3) is 4.25. The standard InChI is InChI=1S/C25H20FN3O/c26-22-10-9-19(24(14-22)17-5-7-18(8-6-17)25(27)30)13-23(20-3-1-11-28-15-20)21-4-2-12-29-16-21/h1-12,14-16,23H,13H2,(H2,27,30). The van der Waals surface area contributed by atoms with E-state index in [1.807, 2.05) is 42.7 Å². The Labute approximate surface area is 174 Å². The summed E-state index contributed by atoms with van der Waals surface area (Å²) in [5, 5.41) is 0. The topological polar surface area (TPSA) is 68.9 Å². The summed E-state index contributed by atoms with van der Waals surface area (Å²) in [5.41, 5.74) is 10.5. The molecule has 148 valence electrons. The Bertz CT molecular complexity index is 1110. The van der Waals surface area contributed by atoms with Gasteiger partial charge < -0.3 is 5.73 Å². The SMILES string of the molecule is NC(=O)c1ccc(-c2cc(F)ccc2CC(c2cccnc2)c2cccnc2)cc1. The van der Waals surface area contributed by atoms with E-state index in [0.717, 1.165) is 27.8 Å². The molecule has 0 aliphatic rings. The van der Waals surface area contributed by atoms with Crippen molar-refractivity contribution in [3.63, 3.8) is 0 Å². The predicted molar refractivity (Wildman–Crippen MR) is 114 cm³/mol. The van der Waals surface area contributed by atoms with Crippen LogP contribution in [0.4, 0.5) is 4.39 Å². The maximum atomic E-state index is 14.1. The summed E-state index contributed by atoms with van der Waals surface area (Å²) < 4.78 is 14.1. The van der Waals surface area contributed by atoms with Gasteiger partial charge in [0.1, 0.15) is 5.82 Å². The van der Waals surface area contributed by atoms with Gasteiger partial charge in [-0.3, -0.25) is 14.8 Å². The van der Waals surface area contributed by atoms with Crippen LogP contribution in [0.5, 0.6) is 0 Å². The molecule has 2 aromatic heterocycles. The van der Waals surface area contributed by atoms with Crippen LogP contribution in [0.3, 0.4) is 0 Å². The smallest absolute Gasteiger partial charge is 0.248 e. The molecule has 0 aliphatic heterocycles. The van der Waals surface area contributed by atoms with Crippen molar-refractivity contribution in [3.05, 3.63) is 120 Å². The molecule has 5 heteroatoms. The molecule has 0 aliphatic carbocycles. The van der Waals surface area contributed by atoms with Crippen molar-refractivity contribution in [3.8, 4) is 11.1 Å².